The first-order valence-corrected chi connectivity index (χ1v) is 8.62. The molecule has 2 atom stereocenters. The van der Waals surface area contributed by atoms with Crippen molar-refractivity contribution in [3.63, 3.8) is 0 Å². The highest BCUT2D eigenvalue weighted by atomic mass is 15.2. The molecular weight excluding hydrogens is 260 g/mol. The number of aromatic nitrogens is 1. The monoisotopic (exact) mass is 286 g/mol. The van der Waals surface area contributed by atoms with Crippen LogP contribution in [0.3, 0.4) is 0 Å². The average Bonchev–Trinajstić information content (AvgIpc) is 3.14. The Kier molecular flexibility index (Phi) is 3.72. The van der Waals surface area contributed by atoms with Crippen LogP contribution in [-0.4, -0.2) is 48.1 Å². The minimum absolute atomic E-state index is 0.620. The van der Waals surface area contributed by atoms with Gasteiger partial charge in [0.25, 0.3) is 0 Å². The van der Waals surface area contributed by atoms with Crippen molar-refractivity contribution in [1.29, 1.82) is 0 Å². The third-order valence-electron chi connectivity index (χ3n) is 5.39. The first kappa shape index (κ1) is 13.4. The summed E-state index contributed by atoms with van der Waals surface area (Å²) in [6, 6.07) is 5.78. The van der Waals surface area contributed by atoms with Crippen LogP contribution in [0.4, 0.5) is 11.5 Å². The lowest BCUT2D eigenvalue weighted by atomic mass is 10.1. The predicted molar refractivity (Wildman–Crippen MR) is 86.9 cm³/mol. The molecular formula is C17H26N4. The summed E-state index contributed by atoms with van der Waals surface area (Å²) >= 11 is 0. The Balaban J connectivity index is 1.39. The van der Waals surface area contributed by atoms with E-state index < -0.39 is 0 Å². The topological polar surface area (TPSA) is 31.4 Å². The molecule has 3 aliphatic heterocycles. The standard InChI is InChI=1S/C17H26N4/c1-2-9-21(10-3-1)17-7-6-14(13-18-17)19-15-8-12-20-11-4-5-16(15)20/h6-7,13,15-16,19H,1-5,8-12H2. The zero-order valence-electron chi connectivity index (χ0n) is 12.8. The van der Waals surface area contributed by atoms with Crippen molar-refractivity contribution in [2.24, 2.45) is 0 Å². The summed E-state index contributed by atoms with van der Waals surface area (Å²) in [5.74, 6) is 1.15. The van der Waals surface area contributed by atoms with Gasteiger partial charge in [0.05, 0.1) is 11.9 Å². The van der Waals surface area contributed by atoms with Crippen molar-refractivity contribution in [1.82, 2.24) is 9.88 Å². The van der Waals surface area contributed by atoms with E-state index in [1.165, 1.54) is 70.4 Å². The predicted octanol–water partition coefficient (Wildman–Crippen LogP) is 2.72. The normalized spacial score (nSPS) is 29.6. The number of pyridine rings is 1. The summed E-state index contributed by atoms with van der Waals surface area (Å²) in [5.41, 5.74) is 1.19. The molecule has 3 fully saturated rings. The van der Waals surface area contributed by atoms with Crippen molar-refractivity contribution in [2.45, 2.75) is 50.6 Å². The first-order valence-electron chi connectivity index (χ1n) is 8.62. The zero-order valence-corrected chi connectivity index (χ0v) is 12.8. The maximum absolute atomic E-state index is 4.68. The van der Waals surface area contributed by atoms with Gasteiger partial charge in [-0.05, 0) is 57.2 Å². The van der Waals surface area contributed by atoms with E-state index in [1.807, 2.05) is 6.20 Å². The van der Waals surface area contributed by atoms with E-state index in [4.69, 9.17) is 0 Å². The molecule has 0 bridgehead atoms. The van der Waals surface area contributed by atoms with E-state index >= 15 is 0 Å². The van der Waals surface area contributed by atoms with Gasteiger partial charge in [0.2, 0.25) is 0 Å². The molecule has 1 N–H and O–H groups in total. The van der Waals surface area contributed by atoms with Gasteiger partial charge in [0.1, 0.15) is 5.82 Å². The molecule has 0 aliphatic carbocycles. The second-order valence-corrected chi connectivity index (χ2v) is 6.74. The second-order valence-electron chi connectivity index (χ2n) is 6.74. The van der Waals surface area contributed by atoms with E-state index in [0.717, 1.165) is 11.9 Å². The first-order chi connectivity index (χ1) is 10.4. The molecule has 114 valence electrons. The van der Waals surface area contributed by atoms with E-state index in [2.05, 4.69) is 32.2 Å². The number of anilines is 2. The van der Waals surface area contributed by atoms with Gasteiger partial charge in [-0.1, -0.05) is 0 Å². The van der Waals surface area contributed by atoms with Crippen LogP contribution in [0.25, 0.3) is 0 Å². The number of hydrogen-bond acceptors (Lipinski definition) is 4. The molecule has 0 aromatic carbocycles. The van der Waals surface area contributed by atoms with Crippen molar-refractivity contribution in [2.75, 3.05) is 36.4 Å². The van der Waals surface area contributed by atoms with Gasteiger partial charge in [0, 0.05) is 31.7 Å². The quantitative estimate of drug-likeness (QED) is 0.926. The van der Waals surface area contributed by atoms with Gasteiger partial charge in [-0.15, -0.1) is 0 Å². The summed E-state index contributed by atoms with van der Waals surface area (Å²) in [7, 11) is 0. The van der Waals surface area contributed by atoms with Gasteiger partial charge in [-0.3, -0.25) is 4.90 Å². The minimum Gasteiger partial charge on any atom is -0.379 e. The molecule has 3 saturated heterocycles. The Bertz CT molecular complexity index is 466. The molecule has 1 aromatic rings. The van der Waals surface area contributed by atoms with Gasteiger partial charge < -0.3 is 10.2 Å². The van der Waals surface area contributed by atoms with Gasteiger partial charge >= 0.3 is 0 Å². The molecule has 3 aliphatic rings. The maximum atomic E-state index is 4.68. The summed E-state index contributed by atoms with van der Waals surface area (Å²) in [5, 5.41) is 3.72. The maximum Gasteiger partial charge on any atom is 0.128 e. The van der Waals surface area contributed by atoms with Crippen molar-refractivity contribution >= 4 is 11.5 Å². The Morgan fingerprint density at radius 3 is 2.67 bits per heavy atom. The smallest absolute Gasteiger partial charge is 0.128 e. The summed E-state index contributed by atoms with van der Waals surface area (Å²) in [6.07, 6.45) is 10.0. The molecule has 4 heterocycles. The highest BCUT2D eigenvalue weighted by Crippen LogP contribution is 2.30. The van der Waals surface area contributed by atoms with Gasteiger partial charge in [-0.2, -0.15) is 0 Å². The molecule has 0 saturated carbocycles. The largest absolute Gasteiger partial charge is 0.379 e. The summed E-state index contributed by atoms with van der Waals surface area (Å²) in [6.45, 7) is 4.90. The Morgan fingerprint density at radius 2 is 1.86 bits per heavy atom. The van der Waals surface area contributed by atoms with E-state index in [1.54, 1.807) is 0 Å². The van der Waals surface area contributed by atoms with Crippen LogP contribution < -0.4 is 10.2 Å². The molecule has 4 rings (SSSR count). The number of fused-ring (bicyclic) bond motifs is 1. The van der Waals surface area contributed by atoms with Crippen LogP contribution in [0.5, 0.6) is 0 Å². The number of piperidine rings is 1. The molecule has 0 amide bonds. The molecule has 4 nitrogen and oxygen atoms in total. The molecule has 0 radical (unpaired) electrons. The van der Waals surface area contributed by atoms with Crippen molar-refractivity contribution in [3.05, 3.63) is 18.3 Å². The van der Waals surface area contributed by atoms with Crippen molar-refractivity contribution in [3.8, 4) is 0 Å². The fourth-order valence-corrected chi connectivity index (χ4v) is 4.25. The fraction of sp³-hybridized carbons (Fsp3) is 0.706. The Labute approximate surface area is 127 Å². The van der Waals surface area contributed by atoms with Crippen LogP contribution >= 0.6 is 0 Å². The zero-order chi connectivity index (χ0) is 14.1. The van der Waals surface area contributed by atoms with Crippen molar-refractivity contribution < 1.29 is 0 Å². The number of hydrogen-bond donors (Lipinski definition) is 1. The number of nitrogens with one attached hydrogen (secondary N) is 1. The fourth-order valence-electron chi connectivity index (χ4n) is 4.25. The second kappa shape index (κ2) is 5.84. The van der Waals surface area contributed by atoms with Crippen LogP contribution in [-0.2, 0) is 0 Å². The third kappa shape index (κ3) is 2.73. The lowest BCUT2D eigenvalue weighted by molar-refractivity contribution is 0.318. The SMILES string of the molecule is c1cc(N2CCCCC2)ncc1NC1CCN2CCCC12. The summed E-state index contributed by atoms with van der Waals surface area (Å²) < 4.78 is 0. The average molecular weight is 286 g/mol. The van der Waals surface area contributed by atoms with E-state index in [9.17, 15) is 0 Å². The van der Waals surface area contributed by atoms with E-state index in [-0.39, 0.29) is 0 Å². The molecule has 0 spiro atoms. The van der Waals surface area contributed by atoms with Crippen LogP contribution in [0.1, 0.15) is 38.5 Å². The van der Waals surface area contributed by atoms with Gasteiger partial charge in [-0.25, -0.2) is 4.98 Å². The Morgan fingerprint density at radius 1 is 0.952 bits per heavy atom. The lowest BCUT2D eigenvalue weighted by Crippen LogP contribution is -2.33. The van der Waals surface area contributed by atoms with Crippen LogP contribution in [0.15, 0.2) is 18.3 Å². The number of rotatable bonds is 3. The summed E-state index contributed by atoms with van der Waals surface area (Å²) in [4.78, 5) is 9.74. The molecule has 2 unspecified atom stereocenters. The molecule has 1 aromatic heterocycles. The molecule has 4 heteroatoms. The third-order valence-corrected chi connectivity index (χ3v) is 5.39. The van der Waals surface area contributed by atoms with Crippen LogP contribution in [0, 0.1) is 0 Å². The minimum atomic E-state index is 0.620. The molecule has 21 heavy (non-hydrogen) atoms. The van der Waals surface area contributed by atoms with E-state index in [0.29, 0.717) is 6.04 Å². The number of nitrogens with zero attached hydrogens (tertiary/aromatic N) is 3. The van der Waals surface area contributed by atoms with Crippen LogP contribution in [0.2, 0.25) is 0 Å². The van der Waals surface area contributed by atoms with Gasteiger partial charge in [0.15, 0.2) is 0 Å². The highest BCUT2D eigenvalue weighted by molar-refractivity contribution is 5.49. The Hall–Kier alpha value is -1.29. The highest BCUT2D eigenvalue weighted by Gasteiger charge is 2.36. The lowest BCUT2D eigenvalue weighted by Gasteiger charge is -2.28.